The van der Waals surface area contributed by atoms with E-state index in [1.807, 2.05) is 6.07 Å². The SMILES string of the molecule is CC[C@@H]1CCc2sc(C(=O)OCC(=O)c3ccc(OC)c(OC)c3)cc2C1. The van der Waals surface area contributed by atoms with Crippen molar-refractivity contribution in [2.24, 2.45) is 5.92 Å². The molecule has 0 aliphatic heterocycles. The van der Waals surface area contributed by atoms with Gasteiger partial charge in [-0.1, -0.05) is 13.3 Å². The molecule has 0 fully saturated rings. The van der Waals surface area contributed by atoms with Crippen LogP contribution in [0.1, 0.15) is 50.2 Å². The monoisotopic (exact) mass is 388 g/mol. The fraction of sp³-hybridized carbons (Fsp3) is 0.429. The number of Topliss-reactive ketones (excluding diaryl/α,β-unsaturated/α-hetero) is 1. The zero-order valence-corrected chi connectivity index (χ0v) is 16.7. The first-order chi connectivity index (χ1) is 13.0. The van der Waals surface area contributed by atoms with Crippen LogP contribution in [0.15, 0.2) is 24.3 Å². The van der Waals surface area contributed by atoms with E-state index >= 15 is 0 Å². The molecule has 0 spiro atoms. The molecule has 3 rings (SSSR count). The van der Waals surface area contributed by atoms with Crippen LogP contribution >= 0.6 is 11.3 Å². The quantitative estimate of drug-likeness (QED) is 0.522. The summed E-state index contributed by atoms with van der Waals surface area (Å²) >= 11 is 1.49. The van der Waals surface area contributed by atoms with Crippen LogP contribution in [0.4, 0.5) is 0 Å². The lowest BCUT2D eigenvalue weighted by molar-refractivity contribution is 0.0479. The van der Waals surface area contributed by atoms with Gasteiger partial charge in [0.05, 0.1) is 14.2 Å². The number of aryl methyl sites for hydroxylation is 1. The van der Waals surface area contributed by atoms with Crippen LogP contribution in [0.2, 0.25) is 0 Å². The highest BCUT2D eigenvalue weighted by Crippen LogP contribution is 2.34. The predicted octanol–water partition coefficient (Wildman–Crippen LogP) is 4.32. The van der Waals surface area contributed by atoms with Crippen LogP contribution < -0.4 is 9.47 Å². The van der Waals surface area contributed by atoms with Gasteiger partial charge in [0.15, 0.2) is 23.9 Å². The highest BCUT2D eigenvalue weighted by molar-refractivity contribution is 7.14. The number of hydrogen-bond acceptors (Lipinski definition) is 6. The third kappa shape index (κ3) is 4.33. The van der Waals surface area contributed by atoms with Gasteiger partial charge in [-0.15, -0.1) is 11.3 Å². The lowest BCUT2D eigenvalue weighted by atomic mass is 9.87. The van der Waals surface area contributed by atoms with Crippen molar-refractivity contribution >= 4 is 23.1 Å². The summed E-state index contributed by atoms with van der Waals surface area (Å²) in [5.41, 5.74) is 1.67. The molecule has 1 heterocycles. The minimum Gasteiger partial charge on any atom is -0.493 e. The summed E-state index contributed by atoms with van der Waals surface area (Å²) in [7, 11) is 3.04. The molecule has 6 heteroatoms. The first-order valence-corrected chi connectivity index (χ1v) is 9.91. The van der Waals surface area contributed by atoms with E-state index in [2.05, 4.69) is 6.92 Å². The minimum absolute atomic E-state index is 0.281. The summed E-state index contributed by atoms with van der Waals surface area (Å²) < 4.78 is 15.6. The number of benzene rings is 1. The number of fused-ring (bicyclic) bond motifs is 1. The van der Waals surface area contributed by atoms with E-state index in [4.69, 9.17) is 14.2 Å². The van der Waals surface area contributed by atoms with E-state index in [1.54, 1.807) is 18.2 Å². The molecule has 0 N–H and O–H groups in total. The van der Waals surface area contributed by atoms with Crippen molar-refractivity contribution in [3.05, 3.63) is 45.1 Å². The summed E-state index contributed by atoms with van der Waals surface area (Å²) in [6.45, 7) is 1.91. The molecule has 144 valence electrons. The molecule has 1 aliphatic rings. The summed E-state index contributed by atoms with van der Waals surface area (Å²) in [6, 6.07) is 6.81. The molecule has 27 heavy (non-hydrogen) atoms. The van der Waals surface area contributed by atoms with Crippen LogP contribution in [0.5, 0.6) is 11.5 Å². The van der Waals surface area contributed by atoms with Crippen LogP contribution in [-0.4, -0.2) is 32.6 Å². The number of methoxy groups -OCH3 is 2. The molecule has 0 unspecified atom stereocenters. The van der Waals surface area contributed by atoms with Gasteiger partial charge in [0.2, 0.25) is 0 Å². The summed E-state index contributed by atoms with van der Waals surface area (Å²) in [5.74, 6) is 0.988. The summed E-state index contributed by atoms with van der Waals surface area (Å²) in [6.07, 6.45) is 4.39. The van der Waals surface area contributed by atoms with Gasteiger partial charge in [-0.2, -0.15) is 0 Å². The maximum Gasteiger partial charge on any atom is 0.348 e. The largest absolute Gasteiger partial charge is 0.493 e. The van der Waals surface area contributed by atoms with Gasteiger partial charge in [-0.05, 0) is 55.0 Å². The summed E-state index contributed by atoms with van der Waals surface area (Å²) in [4.78, 5) is 26.6. The third-order valence-electron chi connectivity index (χ3n) is 5.00. The molecule has 0 saturated heterocycles. The molecule has 0 saturated carbocycles. The highest BCUT2D eigenvalue weighted by atomic mass is 32.1. The van der Waals surface area contributed by atoms with Crippen molar-refractivity contribution in [2.45, 2.75) is 32.6 Å². The summed E-state index contributed by atoms with van der Waals surface area (Å²) in [5, 5.41) is 0. The molecule has 5 nitrogen and oxygen atoms in total. The second-order valence-electron chi connectivity index (χ2n) is 6.65. The Bertz CT molecular complexity index is 839. The van der Waals surface area contributed by atoms with Crippen molar-refractivity contribution in [3.8, 4) is 11.5 Å². The van der Waals surface area contributed by atoms with E-state index in [0.717, 1.165) is 19.3 Å². The van der Waals surface area contributed by atoms with Crippen molar-refractivity contribution in [3.63, 3.8) is 0 Å². The Kier molecular flexibility index (Phi) is 6.16. The number of hydrogen-bond donors (Lipinski definition) is 0. The molecule has 0 radical (unpaired) electrons. The fourth-order valence-corrected chi connectivity index (χ4v) is 4.45. The van der Waals surface area contributed by atoms with Crippen LogP contribution in [0.25, 0.3) is 0 Å². The Balaban J connectivity index is 1.62. The van der Waals surface area contributed by atoms with E-state index in [1.165, 1.54) is 42.4 Å². The van der Waals surface area contributed by atoms with E-state index in [-0.39, 0.29) is 12.4 Å². The number of esters is 1. The Morgan fingerprint density at radius 1 is 1.15 bits per heavy atom. The molecular weight excluding hydrogens is 364 g/mol. The van der Waals surface area contributed by atoms with Gasteiger partial charge in [-0.25, -0.2) is 4.79 Å². The number of carbonyl (C=O) groups excluding carboxylic acids is 2. The maximum absolute atomic E-state index is 12.4. The van der Waals surface area contributed by atoms with Gasteiger partial charge < -0.3 is 14.2 Å². The zero-order chi connectivity index (χ0) is 19.4. The minimum atomic E-state index is -0.434. The Morgan fingerprint density at radius 3 is 2.63 bits per heavy atom. The van der Waals surface area contributed by atoms with Gasteiger partial charge in [0.1, 0.15) is 4.88 Å². The second kappa shape index (κ2) is 8.57. The average Bonchev–Trinajstić information content (AvgIpc) is 3.14. The van der Waals surface area contributed by atoms with E-state index < -0.39 is 5.97 Å². The standard InChI is InChI=1S/C21H24O5S/c1-4-13-5-8-19-15(9-13)11-20(27-19)21(23)26-12-16(22)14-6-7-17(24-2)18(10-14)25-3/h6-7,10-11,13H,4-5,8-9,12H2,1-3H3/t13-/m1/s1. The van der Waals surface area contributed by atoms with Crippen molar-refractivity contribution in [1.82, 2.24) is 0 Å². The zero-order valence-electron chi connectivity index (χ0n) is 15.9. The first-order valence-electron chi connectivity index (χ1n) is 9.09. The van der Waals surface area contributed by atoms with Crippen LogP contribution in [0.3, 0.4) is 0 Å². The predicted molar refractivity (Wildman–Crippen MR) is 104 cm³/mol. The van der Waals surface area contributed by atoms with Gasteiger partial charge in [0.25, 0.3) is 0 Å². The Labute approximate surface area is 163 Å². The molecule has 1 aliphatic carbocycles. The molecule has 2 aromatic rings. The smallest absolute Gasteiger partial charge is 0.348 e. The first kappa shape index (κ1) is 19.4. The van der Waals surface area contributed by atoms with Gasteiger partial charge in [-0.3, -0.25) is 4.79 Å². The number of carbonyl (C=O) groups is 2. The number of ether oxygens (including phenoxy) is 3. The van der Waals surface area contributed by atoms with Crippen molar-refractivity contribution in [2.75, 3.05) is 20.8 Å². The Morgan fingerprint density at radius 2 is 1.93 bits per heavy atom. The van der Waals surface area contributed by atoms with Crippen LogP contribution in [0, 0.1) is 5.92 Å². The van der Waals surface area contributed by atoms with Crippen molar-refractivity contribution in [1.29, 1.82) is 0 Å². The fourth-order valence-electron chi connectivity index (χ4n) is 3.34. The van der Waals surface area contributed by atoms with Crippen molar-refractivity contribution < 1.29 is 23.8 Å². The molecule has 1 aromatic heterocycles. The number of ketones is 1. The second-order valence-corrected chi connectivity index (χ2v) is 7.78. The highest BCUT2D eigenvalue weighted by Gasteiger charge is 2.23. The lowest BCUT2D eigenvalue weighted by Crippen LogP contribution is -2.13. The normalized spacial score (nSPS) is 15.7. The Hall–Kier alpha value is -2.34. The molecule has 1 atom stereocenters. The molecule has 1 aromatic carbocycles. The number of rotatable bonds is 7. The van der Waals surface area contributed by atoms with Crippen LogP contribution in [-0.2, 0) is 17.6 Å². The maximum atomic E-state index is 12.4. The third-order valence-corrected chi connectivity index (χ3v) is 6.22. The topological polar surface area (TPSA) is 61.8 Å². The molecule has 0 amide bonds. The molecule has 0 bridgehead atoms. The van der Waals surface area contributed by atoms with Gasteiger partial charge in [0, 0.05) is 10.4 Å². The van der Waals surface area contributed by atoms with E-state index in [9.17, 15) is 9.59 Å². The average molecular weight is 388 g/mol. The number of thiophene rings is 1. The lowest BCUT2D eigenvalue weighted by Gasteiger charge is -2.19. The molecular formula is C21H24O5S. The van der Waals surface area contributed by atoms with Gasteiger partial charge >= 0.3 is 5.97 Å². The van der Waals surface area contributed by atoms with E-state index in [0.29, 0.717) is 27.9 Å².